The maximum atomic E-state index is 12.3. The molecule has 0 spiro atoms. The van der Waals surface area contributed by atoms with Crippen LogP contribution in [0.3, 0.4) is 0 Å². The van der Waals surface area contributed by atoms with Crippen LogP contribution in [-0.4, -0.2) is 42.1 Å². The number of nitrogens with zero attached hydrogens (tertiary/aromatic N) is 1. The first-order chi connectivity index (χ1) is 8.41. The van der Waals surface area contributed by atoms with Gasteiger partial charge in [0.25, 0.3) is 5.91 Å². The van der Waals surface area contributed by atoms with E-state index in [4.69, 9.17) is 10.5 Å². The highest BCUT2D eigenvalue weighted by molar-refractivity contribution is 5.80. The minimum atomic E-state index is -0.333. The minimum Gasteiger partial charge on any atom is -0.369 e. The van der Waals surface area contributed by atoms with Crippen LogP contribution in [0.1, 0.15) is 47.0 Å². The molecule has 1 aliphatic heterocycles. The zero-order valence-electron chi connectivity index (χ0n) is 12.2. The first-order valence-corrected chi connectivity index (χ1v) is 7.09. The first kappa shape index (κ1) is 15.4. The average Bonchev–Trinajstić information content (AvgIpc) is 2.27. The second-order valence-corrected chi connectivity index (χ2v) is 5.86. The molecule has 1 amide bonds. The predicted molar refractivity (Wildman–Crippen MR) is 73.3 cm³/mol. The summed E-state index contributed by atoms with van der Waals surface area (Å²) < 4.78 is 5.62. The van der Waals surface area contributed by atoms with Gasteiger partial charge in [-0.2, -0.15) is 0 Å². The van der Waals surface area contributed by atoms with Gasteiger partial charge in [0.2, 0.25) is 0 Å². The Labute approximate surface area is 111 Å². The molecule has 1 rings (SSSR count). The number of piperidine rings is 1. The molecule has 3 atom stereocenters. The van der Waals surface area contributed by atoms with Crippen LogP contribution >= 0.6 is 0 Å². The molecule has 0 bridgehead atoms. The van der Waals surface area contributed by atoms with Crippen LogP contribution in [0.5, 0.6) is 0 Å². The SMILES string of the molecule is CC(C)CCO[C@H](C)C(=O)N1CC[C@@H](N)C[C@@H]1C. The van der Waals surface area contributed by atoms with Gasteiger partial charge < -0.3 is 15.4 Å². The van der Waals surface area contributed by atoms with Crippen LogP contribution < -0.4 is 5.73 Å². The molecule has 0 unspecified atom stereocenters. The standard InChI is InChI=1S/C14H28N2O2/c1-10(2)6-8-18-12(4)14(17)16-7-5-13(15)9-11(16)3/h10-13H,5-9,15H2,1-4H3/t11-,12+,13+/m0/s1. The Balaban J connectivity index is 2.38. The summed E-state index contributed by atoms with van der Waals surface area (Å²) in [5, 5.41) is 0. The van der Waals surface area contributed by atoms with E-state index in [1.54, 1.807) is 0 Å². The molecule has 2 N–H and O–H groups in total. The Hall–Kier alpha value is -0.610. The Morgan fingerprint density at radius 3 is 2.67 bits per heavy atom. The summed E-state index contributed by atoms with van der Waals surface area (Å²) in [5.74, 6) is 0.720. The summed E-state index contributed by atoms with van der Waals surface area (Å²) in [6, 6.07) is 0.471. The van der Waals surface area contributed by atoms with Crippen LogP contribution in [-0.2, 0) is 9.53 Å². The fourth-order valence-electron chi connectivity index (χ4n) is 2.32. The fourth-order valence-corrected chi connectivity index (χ4v) is 2.32. The number of likely N-dealkylation sites (tertiary alicyclic amines) is 1. The molecule has 1 fully saturated rings. The number of rotatable bonds is 5. The lowest BCUT2D eigenvalue weighted by Crippen LogP contribution is -2.51. The molecule has 4 nitrogen and oxygen atoms in total. The molecule has 106 valence electrons. The Bertz CT molecular complexity index is 269. The van der Waals surface area contributed by atoms with Gasteiger partial charge in [0.15, 0.2) is 0 Å². The van der Waals surface area contributed by atoms with Crippen molar-refractivity contribution in [1.29, 1.82) is 0 Å². The van der Waals surface area contributed by atoms with E-state index in [0.29, 0.717) is 12.5 Å². The summed E-state index contributed by atoms with van der Waals surface area (Å²) in [6.45, 7) is 9.65. The Morgan fingerprint density at radius 1 is 1.44 bits per heavy atom. The van der Waals surface area contributed by atoms with Crippen molar-refractivity contribution in [3.8, 4) is 0 Å². The molecule has 0 radical (unpaired) electrons. The lowest BCUT2D eigenvalue weighted by molar-refractivity contribution is -0.146. The van der Waals surface area contributed by atoms with Crippen LogP contribution in [0.2, 0.25) is 0 Å². The van der Waals surface area contributed by atoms with Crippen molar-refractivity contribution in [3.05, 3.63) is 0 Å². The van der Waals surface area contributed by atoms with Crippen LogP contribution in [0, 0.1) is 5.92 Å². The highest BCUT2D eigenvalue weighted by atomic mass is 16.5. The largest absolute Gasteiger partial charge is 0.369 e. The number of hydrogen-bond donors (Lipinski definition) is 1. The number of nitrogens with two attached hydrogens (primary N) is 1. The molecule has 1 heterocycles. The van der Waals surface area contributed by atoms with Gasteiger partial charge >= 0.3 is 0 Å². The van der Waals surface area contributed by atoms with E-state index in [2.05, 4.69) is 20.8 Å². The van der Waals surface area contributed by atoms with Crippen molar-refractivity contribution < 1.29 is 9.53 Å². The van der Waals surface area contributed by atoms with Gasteiger partial charge in [-0.05, 0) is 39.0 Å². The third kappa shape index (κ3) is 4.58. The summed E-state index contributed by atoms with van der Waals surface area (Å²) in [4.78, 5) is 14.2. The van der Waals surface area contributed by atoms with Crippen molar-refractivity contribution in [2.45, 2.75) is 65.1 Å². The second-order valence-electron chi connectivity index (χ2n) is 5.86. The van der Waals surface area contributed by atoms with Gasteiger partial charge in [0.1, 0.15) is 6.10 Å². The van der Waals surface area contributed by atoms with E-state index in [1.165, 1.54) is 0 Å². The molecule has 0 aromatic heterocycles. The molecular weight excluding hydrogens is 228 g/mol. The number of carbonyl (C=O) groups is 1. The molecule has 0 saturated carbocycles. The van der Waals surface area contributed by atoms with E-state index in [1.807, 2.05) is 11.8 Å². The van der Waals surface area contributed by atoms with E-state index in [0.717, 1.165) is 25.8 Å². The van der Waals surface area contributed by atoms with Gasteiger partial charge in [-0.3, -0.25) is 4.79 Å². The van der Waals surface area contributed by atoms with Gasteiger partial charge in [-0.1, -0.05) is 13.8 Å². The van der Waals surface area contributed by atoms with Crippen LogP contribution in [0.4, 0.5) is 0 Å². The van der Waals surface area contributed by atoms with Crippen molar-refractivity contribution in [3.63, 3.8) is 0 Å². The summed E-state index contributed by atoms with van der Waals surface area (Å²) >= 11 is 0. The fraction of sp³-hybridized carbons (Fsp3) is 0.929. The van der Waals surface area contributed by atoms with E-state index in [-0.39, 0.29) is 24.1 Å². The number of ether oxygens (including phenoxy) is 1. The molecule has 1 saturated heterocycles. The van der Waals surface area contributed by atoms with Crippen molar-refractivity contribution in [1.82, 2.24) is 4.90 Å². The second kappa shape index (κ2) is 7.10. The molecule has 4 heteroatoms. The predicted octanol–water partition coefficient (Wildman–Crippen LogP) is 1.78. The van der Waals surface area contributed by atoms with Crippen LogP contribution in [0.25, 0.3) is 0 Å². The number of amides is 1. The lowest BCUT2D eigenvalue weighted by atomic mass is 9.98. The maximum absolute atomic E-state index is 12.3. The quantitative estimate of drug-likeness (QED) is 0.815. The van der Waals surface area contributed by atoms with Gasteiger partial charge in [0.05, 0.1) is 0 Å². The van der Waals surface area contributed by atoms with Gasteiger partial charge in [-0.15, -0.1) is 0 Å². The normalized spacial score (nSPS) is 26.4. The molecule has 0 aromatic rings. The molecule has 18 heavy (non-hydrogen) atoms. The van der Waals surface area contributed by atoms with E-state index in [9.17, 15) is 4.79 Å². The number of hydrogen-bond acceptors (Lipinski definition) is 3. The van der Waals surface area contributed by atoms with Crippen molar-refractivity contribution >= 4 is 5.91 Å². The lowest BCUT2D eigenvalue weighted by Gasteiger charge is -2.37. The molecule has 0 aliphatic carbocycles. The van der Waals surface area contributed by atoms with E-state index < -0.39 is 0 Å². The molecule has 0 aromatic carbocycles. The van der Waals surface area contributed by atoms with Crippen molar-refractivity contribution in [2.24, 2.45) is 11.7 Å². The van der Waals surface area contributed by atoms with Crippen LogP contribution in [0.15, 0.2) is 0 Å². The Morgan fingerprint density at radius 2 is 2.11 bits per heavy atom. The van der Waals surface area contributed by atoms with Gasteiger partial charge in [-0.25, -0.2) is 0 Å². The monoisotopic (exact) mass is 256 g/mol. The maximum Gasteiger partial charge on any atom is 0.251 e. The highest BCUT2D eigenvalue weighted by Crippen LogP contribution is 2.17. The van der Waals surface area contributed by atoms with Gasteiger partial charge in [0, 0.05) is 25.2 Å². The first-order valence-electron chi connectivity index (χ1n) is 7.09. The highest BCUT2D eigenvalue weighted by Gasteiger charge is 2.29. The molecule has 1 aliphatic rings. The topological polar surface area (TPSA) is 55.6 Å². The zero-order chi connectivity index (χ0) is 13.7. The minimum absolute atomic E-state index is 0.109. The van der Waals surface area contributed by atoms with E-state index >= 15 is 0 Å². The summed E-state index contributed by atoms with van der Waals surface area (Å²) in [5.41, 5.74) is 5.91. The third-order valence-electron chi connectivity index (χ3n) is 3.61. The Kier molecular flexibility index (Phi) is 6.09. The third-order valence-corrected chi connectivity index (χ3v) is 3.61. The average molecular weight is 256 g/mol. The summed E-state index contributed by atoms with van der Waals surface area (Å²) in [6.07, 6.45) is 2.46. The summed E-state index contributed by atoms with van der Waals surface area (Å²) in [7, 11) is 0. The zero-order valence-corrected chi connectivity index (χ0v) is 12.2. The number of carbonyl (C=O) groups excluding carboxylic acids is 1. The smallest absolute Gasteiger partial charge is 0.251 e. The molecular formula is C14H28N2O2. The van der Waals surface area contributed by atoms with Crippen molar-refractivity contribution in [2.75, 3.05) is 13.2 Å².